The third kappa shape index (κ3) is 5.76. The molecule has 4 heteroatoms. The van der Waals surface area contributed by atoms with Gasteiger partial charge in [0.2, 0.25) is 5.91 Å². The zero-order valence-corrected chi connectivity index (χ0v) is 12.9. The molecule has 1 saturated carbocycles. The van der Waals surface area contributed by atoms with Crippen molar-refractivity contribution in [3.63, 3.8) is 0 Å². The van der Waals surface area contributed by atoms with Gasteiger partial charge in [-0.2, -0.15) is 0 Å². The first-order valence-corrected chi connectivity index (χ1v) is 8.04. The minimum absolute atomic E-state index is 0.00761. The molecular weight excluding hydrogens is 264 g/mol. The van der Waals surface area contributed by atoms with E-state index in [9.17, 15) is 4.79 Å². The van der Waals surface area contributed by atoms with Crippen molar-refractivity contribution in [1.82, 2.24) is 5.32 Å². The molecule has 1 aromatic carbocycles. The molecule has 0 saturated heterocycles. The molecule has 0 spiro atoms. The number of carbonyl (C=O) groups excluding carboxylic acids is 1. The number of rotatable bonds is 7. The van der Waals surface area contributed by atoms with Crippen LogP contribution in [0.3, 0.4) is 0 Å². The summed E-state index contributed by atoms with van der Waals surface area (Å²) in [6.45, 7) is 3.15. The second kappa shape index (κ2) is 8.67. The zero-order chi connectivity index (χ0) is 14.9. The van der Waals surface area contributed by atoms with Crippen molar-refractivity contribution in [3.05, 3.63) is 24.3 Å². The Kier molecular flexibility index (Phi) is 6.54. The smallest absolute Gasteiger partial charge is 0.238 e. The lowest BCUT2D eigenvalue weighted by Crippen LogP contribution is -2.37. The Labute approximate surface area is 127 Å². The molecule has 2 rings (SSSR count). The third-order valence-corrected chi connectivity index (χ3v) is 3.75. The van der Waals surface area contributed by atoms with Gasteiger partial charge in [-0.1, -0.05) is 32.3 Å². The number of ether oxygens (including phenoxy) is 1. The van der Waals surface area contributed by atoms with Crippen LogP contribution in [0.5, 0.6) is 5.75 Å². The quantitative estimate of drug-likeness (QED) is 0.810. The van der Waals surface area contributed by atoms with Crippen LogP contribution in [-0.2, 0) is 4.79 Å². The van der Waals surface area contributed by atoms with Crippen LogP contribution in [0, 0.1) is 0 Å². The average molecular weight is 290 g/mol. The van der Waals surface area contributed by atoms with Crippen molar-refractivity contribution in [3.8, 4) is 5.75 Å². The van der Waals surface area contributed by atoms with Gasteiger partial charge in [0.05, 0.1) is 13.2 Å². The Bertz CT molecular complexity index is 442. The lowest BCUT2D eigenvalue weighted by Gasteiger charge is -2.22. The Balaban J connectivity index is 1.76. The fraction of sp³-hybridized carbons (Fsp3) is 0.588. The summed E-state index contributed by atoms with van der Waals surface area (Å²) in [4.78, 5) is 12.0. The van der Waals surface area contributed by atoms with Crippen LogP contribution in [-0.4, -0.2) is 25.1 Å². The highest BCUT2D eigenvalue weighted by molar-refractivity contribution is 5.92. The SMILES string of the molecule is CCCOc1cccc(NC(=O)CNC2CCCCC2)c1. The number of carbonyl (C=O) groups is 1. The summed E-state index contributed by atoms with van der Waals surface area (Å²) < 4.78 is 5.57. The van der Waals surface area contributed by atoms with Crippen LogP contribution in [0.25, 0.3) is 0 Å². The number of benzene rings is 1. The van der Waals surface area contributed by atoms with Crippen LogP contribution >= 0.6 is 0 Å². The van der Waals surface area contributed by atoms with E-state index in [2.05, 4.69) is 17.6 Å². The van der Waals surface area contributed by atoms with E-state index in [1.165, 1.54) is 32.1 Å². The molecular formula is C17H26N2O2. The molecule has 1 fully saturated rings. The maximum absolute atomic E-state index is 12.0. The van der Waals surface area contributed by atoms with E-state index in [-0.39, 0.29) is 5.91 Å². The Morgan fingerprint density at radius 3 is 2.86 bits per heavy atom. The van der Waals surface area contributed by atoms with Gasteiger partial charge >= 0.3 is 0 Å². The van der Waals surface area contributed by atoms with Gasteiger partial charge < -0.3 is 15.4 Å². The molecule has 0 aliphatic heterocycles. The van der Waals surface area contributed by atoms with Crippen molar-refractivity contribution >= 4 is 11.6 Å². The van der Waals surface area contributed by atoms with E-state index in [0.29, 0.717) is 19.2 Å². The highest BCUT2D eigenvalue weighted by Gasteiger charge is 2.13. The lowest BCUT2D eigenvalue weighted by molar-refractivity contribution is -0.115. The molecule has 2 N–H and O–H groups in total. The maximum atomic E-state index is 12.0. The van der Waals surface area contributed by atoms with Crippen LogP contribution in [0.15, 0.2) is 24.3 Å². The molecule has 0 heterocycles. The minimum Gasteiger partial charge on any atom is -0.494 e. The van der Waals surface area contributed by atoms with Gasteiger partial charge in [-0.05, 0) is 31.4 Å². The highest BCUT2D eigenvalue weighted by atomic mass is 16.5. The Hall–Kier alpha value is -1.55. The van der Waals surface area contributed by atoms with Crippen molar-refractivity contribution in [1.29, 1.82) is 0 Å². The van der Waals surface area contributed by atoms with Crippen molar-refractivity contribution in [2.75, 3.05) is 18.5 Å². The topological polar surface area (TPSA) is 50.4 Å². The number of anilines is 1. The normalized spacial score (nSPS) is 15.7. The summed E-state index contributed by atoms with van der Waals surface area (Å²) in [6, 6.07) is 8.07. The summed E-state index contributed by atoms with van der Waals surface area (Å²) in [5, 5.41) is 6.26. The van der Waals surface area contributed by atoms with Gasteiger partial charge in [0, 0.05) is 17.8 Å². The number of nitrogens with one attached hydrogen (secondary N) is 2. The second-order valence-electron chi connectivity index (χ2n) is 5.64. The monoisotopic (exact) mass is 290 g/mol. The van der Waals surface area contributed by atoms with Crippen molar-refractivity contribution in [2.24, 2.45) is 0 Å². The zero-order valence-electron chi connectivity index (χ0n) is 12.9. The molecule has 0 unspecified atom stereocenters. The van der Waals surface area contributed by atoms with Gasteiger partial charge in [-0.3, -0.25) is 4.79 Å². The Morgan fingerprint density at radius 1 is 1.29 bits per heavy atom. The largest absolute Gasteiger partial charge is 0.494 e. The first kappa shape index (κ1) is 15.8. The first-order valence-electron chi connectivity index (χ1n) is 8.04. The summed E-state index contributed by atoms with van der Waals surface area (Å²) in [6.07, 6.45) is 7.23. The van der Waals surface area contributed by atoms with Gasteiger partial charge in [0.15, 0.2) is 0 Å². The van der Waals surface area contributed by atoms with Crippen LogP contribution < -0.4 is 15.4 Å². The summed E-state index contributed by atoms with van der Waals surface area (Å²) in [5.41, 5.74) is 0.791. The number of hydrogen-bond donors (Lipinski definition) is 2. The fourth-order valence-electron chi connectivity index (χ4n) is 2.63. The lowest BCUT2D eigenvalue weighted by atomic mass is 9.95. The predicted octanol–water partition coefficient (Wildman–Crippen LogP) is 3.34. The van der Waals surface area contributed by atoms with E-state index in [1.54, 1.807) is 0 Å². The van der Waals surface area contributed by atoms with E-state index >= 15 is 0 Å². The fourth-order valence-corrected chi connectivity index (χ4v) is 2.63. The summed E-state index contributed by atoms with van der Waals surface area (Å²) in [7, 11) is 0. The molecule has 1 aromatic rings. The molecule has 21 heavy (non-hydrogen) atoms. The molecule has 0 aromatic heterocycles. The molecule has 116 valence electrons. The van der Waals surface area contributed by atoms with Gasteiger partial charge in [-0.15, -0.1) is 0 Å². The predicted molar refractivity (Wildman–Crippen MR) is 85.7 cm³/mol. The minimum atomic E-state index is 0.00761. The van der Waals surface area contributed by atoms with Crippen LogP contribution in [0.2, 0.25) is 0 Å². The Morgan fingerprint density at radius 2 is 2.10 bits per heavy atom. The molecule has 1 aliphatic carbocycles. The van der Waals surface area contributed by atoms with E-state index < -0.39 is 0 Å². The van der Waals surface area contributed by atoms with Crippen LogP contribution in [0.1, 0.15) is 45.4 Å². The number of hydrogen-bond acceptors (Lipinski definition) is 3. The van der Waals surface area contributed by atoms with E-state index in [0.717, 1.165) is 17.9 Å². The summed E-state index contributed by atoms with van der Waals surface area (Å²) >= 11 is 0. The molecule has 0 radical (unpaired) electrons. The standard InChI is InChI=1S/C17H26N2O2/c1-2-11-21-16-10-6-9-15(12-16)19-17(20)13-18-14-7-4-3-5-8-14/h6,9-10,12,14,18H,2-5,7-8,11,13H2,1H3,(H,19,20). The van der Waals surface area contributed by atoms with E-state index in [1.807, 2.05) is 24.3 Å². The van der Waals surface area contributed by atoms with Gasteiger partial charge in [0.25, 0.3) is 0 Å². The van der Waals surface area contributed by atoms with Crippen LogP contribution in [0.4, 0.5) is 5.69 Å². The molecule has 0 atom stereocenters. The average Bonchev–Trinajstić information content (AvgIpc) is 2.52. The van der Waals surface area contributed by atoms with Gasteiger partial charge in [-0.25, -0.2) is 0 Å². The van der Waals surface area contributed by atoms with Crippen molar-refractivity contribution in [2.45, 2.75) is 51.5 Å². The molecule has 0 bridgehead atoms. The third-order valence-electron chi connectivity index (χ3n) is 3.75. The number of amides is 1. The van der Waals surface area contributed by atoms with Crippen molar-refractivity contribution < 1.29 is 9.53 Å². The molecule has 1 amide bonds. The molecule has 1 aliphatic rings. The summed E-state index contributed by atoms with van der Waals surface area (Å²) in [5.74, 6) is 0.808. The van der Waals surface area contributed by atoms with E-state index in [4.69, 9.17) is 4.74 Å². The highest BCUT2D eigenvalue weighted by Crippen LogP contribution is 2.18. The van der Waals surface area contributed by atoms with Gasteiger partial charge in [0.1, 0.15) is 5.75 Å². The second-order valence-corrected chi connectivity index (χ2v) is 5.64. The first-order chi connectivity index (χ1) is 10.3. The maximum Gasteiger partial charge on any atom is 0.238 e. The molecule has 4 nitrogen and oxygen atoms in total.